The number of amides is 3. The normalized spacial score (nSPS) is 27.3. The average Bonchev–Trinajstić information content (AvgIpc) is 4.04. The van der Waals surface area contributed by atoms with Gasteiger partial charge in [-0.1, -0.05) is 49.3 Å². The standard InChI is InChI=1S/C37H43N5O7S/c1-48-27-13-9-12-26(20-27)39-31-15-6-4-2-3-5-11-25-22-37(25,36(45)41-50(46,47)29-16-17-29)40-33(43)32-21-28(23-42(32)35(31)44)49-34-30-14-8-7-10-24(30)18-19-38-34/h5,7-14,18-20,25,28-29,31-32,39H,2-4,6,15-17,21-23H2,1H3,(H,40,43)(H,41,45)/t25-,28-,31+,32+,37-/m1/s1. The summed E-state index contributed by atoms with van der Waals surface area (Å²) in [6.07, 6.45) is 10.3. The lowest BCUT2D eigenvalue weighted by Gasteiger charge is -2.30. The quantitative estimate of drug-likeness (QED) is 0.295. The number of pyridine rings is 1. The Bertz CT molecular complexity index is 1910. The van der Waals surface area contributed by atoms with Crippen LogP contribution in [0.1, 0.15) is 57.8 Å². The minimum Gasteiger partial charge on any atom is -0.497 e. The Labute approximate surface area is 292 Å². The molecule has 3 amide bonds. The summed E-state index contributed by atoms with van der Waals surface area (Å²) in [4.78, 5) is 48.6. The van der Waals surface area contributed by atoms with Gasteiger partial charge in [-0.05, 0) is 68.2 Å². The summed E-state index contributed by atoms with van der Waals surface area (Å²) in [5.74, 6) is -0.848. The maximum absolute atomic E-state index is 14.6. The van der Waals surface area contributed by atoms with Crippen LogP contribution >= 0.6 is 0 Å². The van der Waals surface area contributed by atoms with Gasteiger partial charge in [0.25, 0.3) is 5.91 Å². The highest BCUT2D eigenvalue weighted by Gasteiger charge is 2.62. The fourth-order valence-electron chi connectivity index (χ4n) is 7.11. The Kier molecular flexibility index (Phi) is 9.42. The van der Waals surface area contributed by atoms with Crippen molar-refractivity contribution >= 4 is 44.2 Å². The second-order valence-corrected chi connectivity index (χ2v) is 15.7. The van der Waals surface area contributed by atoms with Crippen molar-refractivity contribution in [3.05, 3.63) is 72.9 Å². The Morgan fingerprint density at radius 2 is 1.88 bits per heavy atom. The predicted molar refractivity (Wildman–Crippen MR) is 188 cm³/mol. The summed E-state index contributed by atoms with van der Waals surface area (Å²) in [7, 11) is -2.26. The fourth-order valence-corrected chi connectivity index (χ4v) is 8.47. The third-order valence-corrected chi connectivity index (χ3v) is 12.0. The number of fused-ring (bicyclic) bond motifs is 3. The van der Waals surface area contributed by atoms with Gasteiger partial charge in [-0.2, -0.15) is 0 Å². The molecule has 2 saturated carbocycles. The first kappa shape index (κ1) is 33.8. The van der Waals surface area contributed by atoms with Crippen LogP contribution in [0.2, 0.25) is 0 Å². The lowest BCUT2D eigenvalue weighted by molar-refractivity contribution is -0.140. The topological polar surface area (TPSA) is 156 Å². The number of sulfonamides is 1. The van der Waals surface area contributed by atoms with Gasteiger partial charge in [-0.3, -0.25) is 19.1 Å². The first-order chi connectivity index (χ1) is 24.2. The average molecular weight is 702 g/mol. The lowest BCUT2D eigenvalue weighted by atomic mass is 10.0. The Morgan fingerprint density at radius 3 is 2.70 bits per heavy atom. The first-order valence-electron chi connectivity index (χ1n) is 17.4. The third-order valence-electron chi connectivity index (χ3n) is 10.2. The molecule has 264 valence electrons. The van der Waals surface area contributed by atoms with E-state index in [1.54, 1.807) is 18.2 Å². The number of aromatic nitrogens is 1. The van der Waals surface area contributed by atoms with E-state index in [1.807, 2.05) is 66.7 Å². The molecule has 0 radical (unpaired) electrons. The molecule has 5 atom stereocenters. The zero-order chi connectivity index (χ0) is 34.9. The Morgan fingerprint density at radius 1 is 1.04 bits per heavy atom. The van der Waals surface area contributed by atoms with Crippen LogP contribution in [0.5, 0.6) is 11.6 Å². The van der Waals surface area contributed by atoms with Gasteiger partial charge in [0.05, 0.1) is 18.9 Å². The number of methoxy groups -OCH3 is 1. The van der Waals surface area contributed by atoms with E-state index in [2.05, 4.69) is 20.3 Å². The lowest BCUT2D eigenvalue weighted by Crippen LogP contribution is -2.57. The molecule has 4 aliphatic rings. The van der Waals surface area contributed by atoms with Gasteiger partial charge >= 0.3 is 0 Å². The predicted octanol–water partition coefficient (Wildman–Crippen LogP) is 4.08. The van der Waals surface area contributed by atoms with Crippen LogP contribution in [0.25, 0.3) is 10.8 Å². The second kappa shape index (κ2) is 13.9. The van der Waals surface area contributed by atoms with Gasteiger partial charge < -0.3 is 25.0 Å². The number of hydrogen-bond acceptors (Lipinski definition) is 9. The van der Waals surface area contributed by atoms with Gasteiger partial charge in [0, 0.05) is 35.7 Å². The van der Waals surface area contributed by atoms with Crippen LogP contribution in [0.4, 0.5) is 5.69 Å². The summed E-state index contributed by atoms with van der Waals surface area (Å²) < 4.78 is 39.7. The first-order valence-corrected chi connectivity index (χ1v) is 19.0. The number of nitrogens with one attached hydrogen (secondary N) is 3. The van der Waals surface area contributed by atoms with Gasteiger partial charge in [0.1, 0.15) is 29.5 Å². The van der Waals surface area contributed by atoms with Gasteiger partial charge in [0.2, 0.25) is 27.7 Å². The van der Waals surface area contributed by atoms with Crippen LogP contribution in [-0.2, 0) is 24.4 Å². The molecule has 0 spiro atoms. The highest BCUT2D eigenvalue weighted by atomic mass is 32.2. The molecule has 3 N–H and O–H groups in total. The molecule has 13 heteroatoms. The van der Waals surface area contributed by atoms with Gasteiger partial charge in [0.15, 0.2) is 0 Å². The molecule has 1 saturated heterocycles. The molecule has 3 fully saturated rings. The fraction of sp³-hybridized carbons (Fsp3) is 0.459. The highest BCUT2D eigenvalue weighted by molar-refractivity contribution is 7.91. The SMILES string of the molecule is COc1cccc(N[C@H]2CCCCCC=C[C@@H]3C[C@@]3(C(=O)NS(=O)(=O)C3CC3)NC(=O)[C@@H]3C[C@@H](Oc4nccc5ccccc45)CN3C2=O)c1. The number of benzene rings is 2. The molecule has 12 nitrogen and oxygen atoms in total. The molecular weight excluding hydrogens is 659 g/mol. The van der Waals surface area contributed by atoms with Crippen LogP contribution < -0.4 is 24.8 Å². The number of hydrogen-bond donors (Lipinski definition) is 3. The number of anilines is 1. The summed E-state index contributed by atoms with van der Waals surface area (Å²) in [6, 6.07) is 15.3. The van der Waals surface area contributed by atoms with Crippen LogP contribution in [0, 0.1) is 5.92 Å². The molecule has 2 aromatic carbocycles. The van der Waals surface area contributed by atoms with E-state index in [9.17, 15) is 22.8 Å². The minimum atomic E-state index is -3.84. The monoisotopic (exact) mass is 701 g/mol. The van der Waals surface area contributed by atoms with E-state index in [-0.39, 0.29) is 31.2 Å². The third kappa shape index (κ3) is 7.14. The Hall–Kier alpha value is -4.65. The molecule has 3 aromatic rings. The number of carbonyl (C=O) groups excluding carboxylic acids is 3. The molecule has 0 bridgehead atoms. The summed E-state index contributed by atoms with van der Waals surface area (Å²) in [5, 5.41) is 7.50. The smallest absolute Gasteiger partial charge is 0.259 e. The maximum Gasteiger partial charge on any atom is 0.259 e. The second-order valence-electron chi connectivity index (χ2n) is 13.8. The van der Waals surface area contributed by atoms with Crippen molar-refractivity contribution in [2.24, 2.45) is 5.92 Å². The highest BCUT2D eigenvalue weighted by Crippen LogP contribution is 2.46. The number of allylic oxidation sites excluding steroid dienone is 1. The van der Waals surface area contributed by atoms with E-state index < -0.39 is 50.8 Å². The zero-order valence-corrected chi connectivity index (χ0v) is 28.9. The van der Waals surface area contributed by atoms with E-state index in [4.69, 9.17) is 9.47 Å². The van der Waals surface area contributed by atoms with Crippen LogP contribution in [0.3, 0.4) is 0 Å². The van der Waals surface area contributed by atoms with Crippen molar-refractivity contribution in [3.8, 4) is 11.6 Å². The van der Waals surface area contributed by atoms with Crippen molar-refractivity contribution in [2.45, 2.75) is 86.8 Å². The van der Waals surface area contributed by atoms with Gasteiger partial charge in [-0.25, -0.2) is 13.4 Å². The van der Waals surface area contributed by atoms with Crippen molar-refractivity contribution in [2.75, 3.05) is 19.0 Å². The largest absolute Gasteiger partial charge is 0.497 e. The maximum atomic E-state index is 14.6. The van der Waals surface area contributed by atoms with Crippen molar-refractivity contribution < 1.29 is 32.3 Å². The zero-order valence-electron chi connectivity index (χ0n) is 28.0. The van der Waals surface area contributed by atoms with Crippen molar-refractivity contribution in [3.63, 3.8) is 0 Å². The van der Waals surface area contributed by atoms with Gasteiger partial charge in [-0.15, -0.1) is 0 Å². The minimum absolute atomic E-state index is 0.122. The molecule has 2 aliphatic heterocycles. The van der Waals surface area contributed by atoms with E-state index in [1.165, 1.54) is 0 Å². The molecule has 2 aliphatic carbocycles. The van der Waals surface area contributed by atoms with Crippen molar-refractivity contribution in [1.29, 1.82) is 0 Å². The molecule has 50 heavy (non-hydrogen) atoms. The van der Waals surface area contributed by atoms with E-state index in [0.717, 1.165) is 36.5 Å². The molecule has 7 rings (SSSR count). The molecular formula is C37H43N5O7S. The van der Waals surface area contributed by atoms with Crippen LogP contribution in [0.15, 0.2) is 72.9 Å². The van der Waals surface area contributed by atoms with Crippen LogP contribution in [-0.4, -0.2) is 78.7 Å². The van der Waals surface area contributed by atoms with E-state index in [0.29, 0.717) is 36.6 Å². The molecule has 1 aromatic heterocycles. The van der Waals surface area contributed by atoms with Crippen molar-refractivity contribution in [1.82, 2.24) is 19.9 Å². The summed E-state index contributed by atoms with van der Waals surface area (Å²) >= 11 is 0. The number of ether oxygens (including phenoxy) is 2. The number of rotatable bonds is 8. The number of carbonyl (C=O) groups is 3. The van der Waals surface area contributed by atoms with E-state index >= 15 is 0 Å². The molecule has 0 unspecified atom stereocenters. The summed E-state index contributed by atoms with van der Waals surface area (Å²) in [5.41, 5.74) is -0.719. The molecule has 3 heterocycles. The summed E-state index contributed by atoms with van der Waals surface area (Å²) in [6.45, 7) is 0.122. The Balaban J connectivity index is 1.20. The number of nitrogens with zero attached hydrogens (tertiary/aromatic N) is 2.